The fraction of sp³-hybridized carbons (Fsp3) is 0.382. The first-order chi connectivity index (χ1) is 20.0. The highest BCUT2D eigenvalue weighted by molar-refractivity contribution is 5.89. The van der Waals surface area contributed by atoms with E-state index in [0.29, 0.717) is 18.7 Å². The van der Waals surface area contributed by atoms with Gasteiger partial charge in [-0.25, -0.2) is 14.4 Å². The van der Waals surface area contributed by atoms with E-state index in [1.54, 1.807) is 12.1 Å². The van der Waals surface area contributed by atoms with Crippen LogP contribution in [0.25, 0.3) is 16.9 Å². The molecular weight excluding hydrogens is 531 g/mol. The Bertz CT molecular complexity index is 1570. The molecule has 1 fully saturated rings. The van der Waals surface area contributed by atoms with E-state index in [4.69, 9.17) is 9.72 Å². The Balaban J connectivity index is 1.57. The SMILES string of the molecule is Cc1cn(-c2nc(C)c(CC(=O)O)c(N3CCC(C)(C)CC3)c2-c2ccc(OCCc3ccc(F)cc3)cc2)c(C)n1. The van der Waals surface area contributed by atoms with Gasteiger partial charge in [0.15, 0.2) is 0 Å². The number of imidazole rings is 1. The zero-order valence-corrected chi connectivity index (χ0v) is 25.1. The summed E-state index contributed by atoms with van der Waals surface area (Å²) in [5.74, 6) is 1.16. The van der Waals surface area contributed by atoms with E-state index in [-0.39, 0.29) is 17.7 Å². The van der Waals surface area contributed by atoms with Gasteiger partial charge in [-0.3, -0.25) is 9.36 Å². The second kappa shape index (κ2) is 12.0. The van der Waals surface area contributed by atoms with Gasteiger partial charge in [-0.1, -0.05) is 38.1 Å². The Morgan fingerprint density at radius 1 is 1.00 bits per heavy atom. The molecule has 0 atom stereocenters. The van der Waals surface area contributed by atoms with Crippen molar-refractivity contribution in [1.82, 2.24) is 14.5 Å². The molecule has 0 aliphatic carbocycles. The second-order valence-corrected chi connectivity index (χ2v) is 12.0. The molecule has 1 saturated heterocycles. The first-order valence-electron chi connectivity index (χ1n) is 14.5. The van der Waals surface area contributed by atoms with E-state index >= 15 is 0 Å². The predicted octanol–water partition coefficient (Wildman–Crippen LogP) is 6.87. The maximum atomic E-state index is 13.2. The number of aliphatic carboxylic acids is 1. The van der Waals surface area contributed by atoms with Crippen LogP contribution < -0.4 is 9.64 Å². The molecule has 5 rings (SSSR count). The molecule has 1 aliphatic heterocycles. The molecule has 0 unspecified atom stereocenters. The molecule has 42 heavy (non-hydrogen) atoms. The van der Waals surface area contributed by atoms with E-state index in [2.05, 4.69) is 23.7 Å². The van der Waals surface area contributed by atoms with Gasteiger partial charge < -0.3 is 14.7 Å². The van der Waals surface area contributed by atoms with Crippen LogP contribution in [0.5, 0.6) is 5.75 Å². The molecule has 1 N–H and O–H groups in total. The van der Waals surface area contributed by atoms with E-state index in [0.717, 1.165) is 77.0 Å². The minimum atomic E-state index is -0.878. The fourth-order valence-corrected chi connectivity index (χ4v) is 5.69. The van der Waals surface area contributed by atoms with Crippen molar-refractivity contribution in [3.63, 3.8) is 0 Å². The first kappa shape index (κ1) is 29.3. The number of rotatable bonds is 9. The maximum absolute atomic E-state index is 13.2. The Hall–Kier alpha value is -4.20. The van der Waals surface area contributed by atoms with Crippen molar-refractivity contribution in [3.8, 4) is 22.7 Å². The number of nitrogens with zero attached hydrogens (tertiary/aromatic N) is 4. The van der Waals surface area contributed by atoms with Crippen LogP contribution in [0.2, 0.25) is 0 Å². The monoisotopic (exact) mass is 570 g/mol. The lowest BCUT2D eigenvalue weighted by molar-refractivity contribution is -0.136. The summed E-state index contributed by atoms with van der Waals surface area (Å²) >= 11 is 0. The average Bonchev–Trinajstić information content (AvgIpc) is 3.28. The topological polar surface area (TPSA) is 80.5 Å². The summed E-state index contributed by atoms with van der Waals surface area (Å²) in [4.78, 5) is 24.1. The summed E-state index contributed by atoms with van der Waals surface area (Å²) < 4.78 is 21.3. The lowest BCUT2D eigenvalue weighted by atomic mass is 9.82. The third-order valence-electron chi connectivity index (χ3n) is 8.16. The quantitative estimate of drug-likeness (QED) is 0.236. The molecule has 8 heteroatoms. The minimum Gasteiger partial charge on any atom is -0.493 e. The van der Waals surface area contributed by atoms with Crippen LogP contribution in [0.1, 0.15) is 55.0 Å². The van der Waals surface area contributed by atoms with Gasteiger partial charge in [0.05, 0.1) is 24.4 Å². The van der Waals surface area contributed by atoms with Crippen LogP contribution in [0.3, 0.4) is 0 Å². The van der Waals surface area contributed by atoms with Gasteiger partial charge in [0.1, 0.15) is 23.2 Å². The van der Waals surface area contributed by atoms with Gasteiger partial charge in [0, 0.05) is 42.5 Å². The fourth-order valence-electron chi connectivity index (χ4n) is 5.69. The number of carbonyl (C=O) groups is 1. The number of aromatic nitrogens is 3. The average molecular weight is 571 g/mol. The molecular formula is C34H39FN4O3. The molecule has 2 aromatic carbocycles. The number of aryl methyl sites for hydroxylation is 3. The summed E-state index contributed by atoms with van der Waals surface area (Å²) in [5.41, 5.74) is 6.35. The normalized spacial score (nSPS) is 14.7. The summed E-state index contributed by atoms with van der Waals surface area (Å²) in [6, 6.07) is 14.4. The van der Waals surface area contributed by atoms with Gasteiger partial charge in [-0.05, 0) is 74.4 Å². The highest BCUT2D eigenvalue weighted by atomic mass is 19.1. The third kappa shape index (κ3) is 6.48. The largest absolute Gasteiger partial charge is 0.493 e. The highest BCUT2D eigenvalue weighted by Crippen LogP contribution is 2.43. The van der Waals surface area contributed by atoms with Crippen LogP contribution in [-0.2, 0) is 17.6 Å². The van der Waals surface area contributed by atoms with Crippen molar-refractivity contribution in [2.75, 3.05) is 24.6 Å². The molecule has 4 aromatic rings. The highest BCUT2D eigenvalue weighted by Gasteiger charge is 2.31. The molecule has 1 aliphatic rings. The second-order valence-electron chi connectivity index (χ2n) is 12.0. The summed E-state index contributed by atoms with van der Waals surface area (Å²) in [5, 5.41) is 9.91. The summed E-state index contributed by atoms with van der Waals surface area (Å²) in [7, 11) is 0. The number of halogens is 1. The van der Waals surface area contributed by atoms with Crippen LogP contribution in [0, 0.1) is 32.0 Å². The van der Waals surface area contributed by atoms with Gasteiger partial charge in [0.25, 0.3) is 0 Å². The number of anilines is 1. The van der Waals surface area contributed by atoms with E-state index in [1.807, 2.05) is 55.8 Å². The van der Waals surface area contributed by atoms with Crippen LogP contribution in [0.15, 0.2) is 54.7 Å². The van der Waals surface area contributed by atoms with Crippen molar-refractivity contribution >= 4 is 11.7 Å². The lowest BCUT2D eigenvalue weighted by Gasteiger charge is -2.40. The molecule has 0 saturated carbocycles. The van der Waals surface area contributed by atoms with Crippen LogP contribution >= 0.6 is 0 Å². The molecule has 0 bridgehead atoms. The molecule has 220 valence electrons. The number of benzene rings is 2. The van der Waals surface area contributed by atoms with Crippen molar-refractivity contribution < 1.29 is 19.0 Å². The zero-order valence-electron chi connectivity index (χ0n) is 25.1. The first-order valence-corrected chi connectivity index (χ1v) is 14.5. The summed E-state index contributed by atoms with van der Waals surface area (Å²) in [6.07, 6.45) is 4.57. The number of pyridine rings is 1. The Morgan fingerprint density at radius 2 is 1.67 bits per heavy atom. The minimum absolute atomic E-state index is 0.103. The molecule has 0 spiro atoms. The van der Waals surface area contributed by atoms with Crippen molar-refractivity contribution in [2.45, 2.75) is 60.3 Å². The Morgan fingerprint density at radius 3 is 2.26 bits per heavy atom. The molecule has 3 heterocycles. The number of carboxylic acids is 1. The Labute approximate surface area is 247 Å². The number of piperidine rings is 1. The van der Waals surface area contributed by atoms with Gasteiger partial charge >= 0.3 is 5.97 Å². The van der Waals surface area contributed by atoms with E-state index in [9.17, 15) is 14.3 Å². The predicted molar refractivity (Wildman–Crippen MR) is 163 cm³/mol. The number of ether oxygens (including phenoxy) is 1. The molecule has 2 aromatic heterocycles. The maximum Gasteiger partial charge on any atom is 0.307 e. The van der Waals surface area contributed by atoms with Gasteiger partial charge in [0.2, 0.25) is 0 Å². The van der Waals surface area contributed by atoms with Crippen molar-refractivity contribution in [2.24, 2.45) is 5.41 Å². The molecule has 0 radical (unpaired) electrons. The van der Waals surface area contributed by atoms with Gasteiger partial charge in [-0.15, -0.1) is 0 Å². The van der Waals surface area contributed by atoms with Crippen molar-refractivity contribution in [1.29, 1.82) is 0 Å². The molecule has 0 amide bonds. The van der Waals surface area contributed by atoms with Crippen LogP contribution in [0.4, 0.5) is 10.1 Å². The standard InChI is InChI=1S/C34H39FN4O3/c1-22-21-39(24(3)36-22)33-31(26-8-12-28(13-9-26)42-19-14-25-6-10-27(35)11-7-25)32(29(20-30(40)41)23(2)37-33)38-17-15-34(4,5)16-18-38/h6-13,21H,14-20H2,1-5H3,(H,40,41). The smallest absolute Gasteiger partial charge is 0.307 e. The zero-order chi connectivity index (χ0) is 30.0. The van der Waals surface area contributed by atoms with E-state index < -0.39 is 5.97 Å². The number of hydrogen-bond donors (Lipinski definition) is 1. The Kier molecular flexibility index (Phi) is 8.34. The lowest BCUT2D eigenvalue weighted by Crippen LogP contribution is -2.38. The van der Waals surface area contributed by atoms with E-state index in [1.165, 1.54) is 12.1 Å². The summed E-state index contributed by atoms with van der Waals surface area (Å²) in [6.45, 7) is 12.5. The number of hydrogen-bond acceptors (Lipinski definition) is 5. The third-order valence-corrected chi connectivity index (χ3v) is 8.16. The van der Waals surface area contributed by atoms with Crippen LogP contribution in [-0.4, -0.2) is 45.3 Å². The number of carboxylic acid groups (broad SMARTS) is 1. The molecule has 7 nitrogen and oxygen atoms in total. The van der Waals surface area contributed by atoms with Gasteiger partial charge in [-0.2, -0.15) is 0 Å². The van der Waals surface area contributed by atoms with Crippen molar-refractivity contribution in [3.05, 3.63) is 88.9 Å².